The van der Waals surface area contributed by atoms with Crippen molar-refractivity contribution in [1.82, 2.24) is 14.8 Å². The van der Waals surface area contributed by atoms with Crippen LogP contribution in [0.5, 0.6) is 0 Å². The normalized spacial score (nSPS) is 16.6. The molecule has 2 rings (SSSR count). The van der Waals surface area contributed by atoms with E-state index < -0.39 is 0 Å². The van der Waals surface area contributed by atoms with Gasteiger partial charge in [0.15, 0.2) is 4.77 Å². The van der Waals surface area contributed by atoms with Gasteiger partial charge in [-0.15, -0.1) is 0 Å². The van der Waals surface area contributed by atoms with E-state index in [1.54, 1.807) is 0 Å². The third-order valence-corrected chi connectivity index (χ3v) is 3.61. The molecule has 1 aromatic heterocycles. The first kappa shape index (κ1) is 10.9. The number of aromatic nitrogens is 3. The molecule has 4 heteroatoms. The van der Waals surface area contributed by atoms with Crippen LogP contribution in [0.1, 0.15) is 44.9 Å². The number of nitrogens with one attached hydrogen (secondary N) is 1. The summed E-state index contributed by atoms with van der Waals surface area (Å²) < 4.78 is 2.97. The van der Waals surface area contributed by atoms with Gasteiger partial charge in [0, 0.05) is 13.0 Å². The van der Waals surface area contributed by atoms with E-state index in [1.165, 1.54) is 25.7 Å². The first-order chi connectivity index (χ1) is 7.31. The highest BCUT2D eigenvalue weighted by Crippen LogP contribution is 2.29. The lowest BCUT2D eigenvalue weighted by Crippen LogP contribution is -2.15. The van der Waals surface area contributed by atoms with Gasteiger partial charge in [0.25, 0.3) is 0 Å². The van der Waals surface area contributed by atoms with Crippen LogP contribution in [0.25, 0.3) is 0 Å². The summed E-state index contributed by atoms with van der Waals surface area (Å²) in [6.07, 6.45) is 7.66. The Morgan fingerprint density at radius 3 is 2.93 bits per heavy atom. The van der Waals surface area contributed by atoms with Gasteiger partial charge in [0.05, 0.1) is 0 Å². The predicted molar refractivity (Wildman–Crippen MR) is 63.4 cm³/mol. The van der Waals surface area contributed by atoms with Crippen LogP contribution in [-0.4, -0.2) is 14.8 Å². The molecule has 0 aliphatic heterocycles. The van der Waals surface area contributed by atoms with E-state index in [0.717, 1.165) is 35.9 Å². The molecular weight excluding hydrogens is 206 g/mol. The second kappa shape index (κ2) is 4.92. The Hall–Kier alpha value is -0.640. The fraction of sp³-hybridized carbons (Fsp3) is 0.818. The predicted octanol–water partition coefficient (Wildman–Crippen LogP) is 3.08. The van der Waals surface area contributed by atoms with Crippen LogP contribution < -0.4 is 0 Å². The number of hydrogen-bond acceptors (Lipinski definition) is 2. The molecule has 1 aromatic rings. The van der Waals surface area contributed by atoms with Gasteiger partial charge in [-0.3, -0.25) is 5.10 Å². The van der Waals surface area contributed by atoms with Crippen LogP contribution in [0, 0.1) is 10.7 Å². The Morgan fingerprint density at radius 2 is 2.33 bits per heavy atom. The molecule has 1 saturated carbocycles. The zero-order valence-electron chi connectivity index (χ0n) is 9.33. The Kier molecular flexibility index (Phi) is 3.57. The summed E-state index contributed by atoms with van der Waals surface area (Å²) in [7, 11) is 0. The van der Waals surface area contributed by atoms with Gasteiger partial charge in [-0.1, -0.05) is 26.2 Å². The molecule has 0 bridgehead atoms. The van der Waals surface area contributed by atoms with Crippen LogP contribution in [0.3, 0.4) is 0 Å². The largest absolute Gasteiger partial charge is 0.304 e. The molecule has 0 aromatic carbocycles. The first-order valence-corrected chi connectivity index (χ1v) is 6.36. The highest BCUT2D eigenvalue weighted by Gasteiger charge is 2.17. The van der Waals surface area contributed by atoms with Crippen molar-refractivity contribution in [3.63, 3.8) is 0 Å². The van der Waals surface area contributed by atoms with E-state index in [4.69, 9.17) is 12.2 Å². The van der Waals surface area contributed by atoms with Gasteiger partial charge in [0.1, 0.15) is 5.82 Å². The lowest BCUT2D eigenvalue weighted by molar-refractivity contribution is 0.280. The van der Waals surface area contributed by atoms with Crippen molar-refractivity contribution in [3.8, 4) is 0 Å². The summed E-state index contributed by atoms with van der Waals surface area (Å²) in [6, 6.07) is 0. The standard InChI is InChI=1S/C11H19N3S/c1-2-4-10-12-13-11(15)14(10)8-7-9-5-3-6-9/h9H,2-8H2,1H3,(H,13,15). The summed E-state index contributed by atoms with van der Waals surface area (Å²) in [5, 5.41) is 7.17. The average Bonchev–Trinajstić information content (AvgIpc) is 2.47. The lowest BCUT2D eigenvalue weighted by atomic mass is 9.83. The molecule has 1 aliphatic carbocycles. The Morgan fingerprint density at radius 1 is 1.53 bits per heavy atom. The van der Waals surface area contributed by atoms with Crippen molar-refractivity contribution in [1.29, 1.82) is 0 Å². The molecular formula is C11H19N3S. The van der Waals surface area contributed by atoms with Crippen molar-refractivity contribution in [3.05, 3.63) is 10.6 Å². The highest BCUT2D eigenvalue weighted by atomic mass is 32.1. The zero-order valence-corrected chi connectivity index (χ0v) is 10.1. The van der Waals surface area contributed by atoms with Crippen LogP contribution in [0.4, 0.5) is 0 Å². The fourth-order valence-corrected chi connectivity index (χ4v) is 2.33. The first-order valence-electron chi connectivity index (χ1n) is 5.95. The van der Waals surface area contributed by atoms with Crippen LogP contribution >= 0.6 is 12.2 Å². The number of aromatic amines is 1. The summed E-state index contributed by atoms with van der Waals surface area (Å²) >= 11 is 5.24. The minimum atomic E-state index is 0.790. The van der Waals surface area contributed by atoms with Gasteiger partial charge in [0.2, 0.25) is 0 Å². The van der Waals surface area contributed by atoms with E-state index in [2.05, 4.69) is 21.7 Å². The Bertz CT molecular complexity index is 362. The quantitative estimate of drug-likeness (QED) is 0.781. The van der Waals surface area contributed by atoms with Crippen LogP contribution in [-0.2, 0) is 13.0 Å². The molecule has 1 fully saturated rings. The van der Waals surface area contributed by atoms with Gasteiger partial charge in [-0.25, -0.2) is 0 Å². The van der Waals surface area contributed by atoms with E-state index in [1.807, 2.05) is 0 Å². The van der Waals surface area contributed by atoms with E-state index in [9.17, 15) is 0 Å². The molecule has 1 N–H and O–H groups in total. The Labute approximate surface area is 95.9 Å². The number of nitrogens with zero attached hydrogens (tertiary/aromatic N) is 2. The van der Waals surface area contributed by atoms with Crippen molar-refractivity contribution < 1.29 is 0 Å². The minimum Gasteiger partial charge on any atom is -0.304 e. The number of rotatable bonds is 5. The molecule has 0 saturated heterocycles. The zero-order chi connectivity index (χ0) is 10.7. The van der Waals surface area contributed by atoms with Gasteiger partial charge >= 0.3 is 0 Å². The van der Waals surface area contributed by atoms with E-state index in [-0.39, 0.29) is 0 Å². The monoisotopic (exact) mass is 225 g/mol. The molecule has 3 nitrogen and oxygen atoms in total. The van der Waals surface area contributed by atoms with Crippen molar-refractivity contribution in [2.75, 3.05) is 0 Å². The molecule has 0 spiro atoms. The maximum Gasteiger partial charge on any atom is 0.195 e. The van der Waals surface area contributed by atoms with Crippen LogP contribution in [0.2, 0.25) is 0 Å². The smallest absolute Gasteiger partial charge is 0.195 e. The topological polar surface area (TPSA) is 33.6 Å². The highest BCUT2D eigenvalue weighted by molar-refractivity contribution is 7.71. The minimum absolute atomic E-state index is 0.790. The maximum atomic E-state index is 5.24. The van der Waals surface area contributed by atoms with Crippen molar-refractivity contribution >= 4 is 12.2 Å². The van der Waals surface area contributed by atoms with Gasteiger partial charge in [-0.05, 0) is 31.0 Å². The van der Waals surface area contributed by atoms with Crippen molar-refractivity contribution in [2.45, 2.75) is 52.0 Å². The second-order valence-electron chi connectivity index (χ2n) is 4.43. The second-order valence-corrected chi connectivity index (χ2v) is 4.82. The van der Waals surface area contributed by atoms with Gasteiger partial charge < -0.3 is 4.57 Å². The number of H-pyrrole nitrogens is 1. The van der Waals surface area contributed by atoms with Crippen molar-refractivity contribution in [2.24, 2.45) is 5.92 Å². The summed E-state index contributed by atoms with van der Waals surface area (Å²) in [5.41, 5.74) is 0. The molecule has 0 unspecified atom stereocenters. The van der Waals surface area contributed by atoms with E-state index in [0.29, 0.717) is 0 Å². The molecule has 84 valence electrons. The van der Waals surface area contributed by atoms with Crippen LogP contribution in [0.15, 0.2) is 0 Å². The SMILES string of the molecule is CCCc1n[nH]c(=S)n1CCC1CCC1. The molecule has 1 aliphatic rings. The molecule has 0 radical (unpaired) electrons. The summed E-state index contributed by atoms with van der Waals surface area (Å²) in [6.45, 7) is 3.23. The maximum absolute atomic E-state index is 5.24. The Balaban J connectivity index is 1.98. The fourth-order valence-electron chi connectivity index (χ4n) is 2.09. The van der Waals surface area contributed by atoms with E-state index >= 15 is 0 Å². The molecule has 1 heterocycles. The molecule has 0 atom stereocenters. The average molecular weight is 225 g/mol. The molecule has 0 amide bonds. The lowest BCUT2D eigenvalue weighted by Gasteiger charge is -2.25. The van der Waals surface area contributed by atoms with Gasteiger partial charge in [-0.2, -0.15) is 5.10 Å². The summed E-state index contributed by atoms with van der Waals surface area (Å²) in [5.74, 6) is 2.07. The summed E-state index contributed by atoms with van der Waals surface area (Å²) in [4.78, 5) is 0. The third-order valence-electron chi connectivity index (χ3n) is 3.30. The number of aryl methyl sites for hydroxylation is 1. The molecule has 15 heavy (non-hydrogen) atoms. The number of hydrogen-bond donors (Lipinski definition) is 1. The third kappa shape index (κ3) is 2.48.